The molecule has 4 rings (SSSR count). The first-order valence-electron chi connectivity index (χ1n) is 12.1. The third-order valence-electron chi connectivity index (χ3n) is 6.07. The van der Waals surface area contributed by atoms with Crippen molar-refractivity contribution < 1.29 is 28.5 Å². The monoisotopic (exact) mass is 527 g/mol. The van der Waals surface area contributed by atoms with Gasteiger partial charge in [0, 0.05) is 37.1 Å². The van der Waals surface area contributed by atoms with E-state index in [1.54, 1.807) is 27.4 Å². The number of amides is 1. The van der Waals surface area contributed by atoms with Gasteiger partial charge in [-0.3, -0.25) is 9.69 Å². The largest absolute Gasteiger partial charge is 0.497 e. The number of para-hydroxylation sites is 1. The average molecular weight is 528 g/mol. The number of ether oxygens (including phenoxy) is 5. The van der Waals surface area contributed by atoms with Crippen LogP contribution in [0.4, 0.5) is 0 Å². The molecule has 1 aliphatic heterocycles. The molecule has 1 aromatic heterocycles. The highest BCUT2D eigenvalue weighted by molar-refractivity contribution is 7.09. The number of carbonyl (C=O) groups excluding carboxylic acids is 1. The molecular formula is C27H33N3O6S. The summed E-state index contributed by atoms with van der Waals surface area (Å²) in [5.74, 6) is 2.31. The second kappa shape index (κ2) is 13.3. The molecule has 37 heavy (non-hydrogen) atoms. The molecule has 1 amide bonds. The normalized spacial score (nSPS) is 13.7. The number of morpholine rings is 1. The number of hydrogen-bond donors (Lipinski definition) is 0. The van der Waals surface area contributed by atoms with Crippen LogP contribution >= 0.6 is 11.3 Å². The van der Waals surface area contributed by atoms with Crippen LogP contribution in [0.1, 0.15) is 21.1 Å². The highest BCUT2D eigenvalue weighted by Crippen LogP contribution is 2.37. The Labute approximate surface area is 221 Å². The second-order valence-corrected chi connectivity index (χ2v) is 9.37. The minimum absolute atomic E-state index is 0.0586. The topological polar surface area (TPSA) is 82.6 Å². The predicted molar refractivity (Wildman–Crippen MR) is 141 cm³/mol. The second-order valence-electron chi connectivity index (χ2n) is 8.43. The van der Waals surface area contributed by atoms with E-state index < -0.39 is 0 Å². The van der Waals surface area contributed by atoms with Crippen molar-refractivity contribution in [3.63, 3.8) is 0 Å². The minimum Gasteiger partial charge on any atom is -0.497 e. The van der Waals surface area contributed by atoms with Crippen LogP contribution in [0.2, 0.25) is 0 Å². The van der Waals surface area contributed by atoms with Crippen LogP contribution in [0.3, 0.4) is 0 Å². The van der Waals surface area contributed by atoms with E-state index in [4.69, 9.17) is 28.7 Å². The van der Waals surface area contributed by atoms with E-state index in [1.165, 1.54) is 11.3 Å². The highest BCUT2D eigenvalue weighted by Gasteiger charge is 2.21. The molecule has 1 aliphatic rings. The number of nitrogens with zero attached hydrogens (tertiary/aromatic N) is 3. The summed E-state index contributed by atoms with van der Waals surface area (Å²) >= 11 is 1.49. The number of rotatable bonds is 12. The first-order valence-corrected chi connectivity index (χ1v) is 13.0. The molecule has 0 radical (unpaired) electrons. The third kappa shape index (κ3) is 7.12. The minimum atomic E-state index is -0.0586. The van der Waals surface area contributed by atoms with E-state index in [1.807, 2.05) is 46.7 Å². The summed E-state index contributed by atoms with van der Waals surface area (Å²) in [5.41, 5.74) is 1.40. The number of hydrogen-bond acceptors (Lipinski definition) is 9. The lowest BCUT2D eigenvalue weighted by atomic mass is 10.2. The van der Waals surface area contributed by atoms with Crippen molar-refractivity contribution in [2.45, 2.75) is 13.2 Å². The van der Waals surface area contributed by atoms with Gasteiger partial charge in [0.2, 0.25) is 5.75 Å². The number of benzene rings is 2. The van der Waals surface area contributed by atoms with Crippen LogP contribution in [0.5, 0.6) is 23.0 Å². The Bertz CT molecular complexity index is 1140. The molecular weight excluding hydrogens is 494 g/mol. The van der Waals surface area contributed by atoms with E-state index >= 15 is 0 Å². The van der Waals surface area contributed by atoms with Gasteiger partial charge in [-0.15, -0.1) is 11.3 Å². The Morgan fingerprint density at radius 1 is 1.05 bits per heavy atom. The maximum Gasteiger partial charge on any atom is 0.254 e. The van der Waals surface area contributed by atoms with Crippen LogP contribution in [0, 0.1) is 0 Å². The highest BCUT2D eigenvalue weighted by atomic mass is 32.1. The van der Waals surface area contributed by atoms with Crippen molar-refractivity contribution in [2.24, 2.45) is 0 Å². The fourth-order valence-corrected chi connectivity index (χ4v) is 4.75. The van der Waals surface area contributed by atoms with Gasteiger partial charge in [0.25, 0.3) is 5.91 Å². The molecule has 0 saturated carbocycles. The maximum absolute atomic E-state index is 13.5. The van der Waals surface area contributed by atoms with Gasteiger partial charge in [-0.05, 0) is 30.3 Å². The Morgan fingerprint density at radius 3 is 2.49 bits per heavy atom. The third-order valence-corrected chi connectivity index (χ3v) is 6.94. The molecule has 0 bridgehead atoms. The number of thiazole rings is 1. The van der Waals surface area contributed by atoms with Crippen LogP contribution in [-0.2, 0) is 17.9 Å². The zero-order valence-electron chi connectivity index (χ0n) is 21.5. The SMILES string of the molecule is COc1cccc(C(=O)N(CCN2CCOCC2)Cc2csc(COc3c(OC)cccc3OC)n2)c1. The predicted octanol–water partition coefficient (Wildman–Crippen LogP) is 3.72. The van der Waals surface area contributed by atoms with Gasteiger partial charge in [-0.1, -0.05) is 12.1 Å². The van der Waals surface area contributed by atoms with Crippen LogP contribution in [0.25, 0.3) is 0 Å². The van der Waals surface area contributed by atoms with E-state index in [9.17, 15) is 4.79 Å². The molecule has 3 aromatic rings. The average Bonchev–Trinajstić information content (AvgIpc) is 3.41. The summed E-state index contributed by atoms with van der Waals surface area (Å²) in [5, 5.41) is 2.77. The molecule has 9 nitrogen and oxygen atoms in total. The van der Waals surface area contributed by atoms with Crippen molar-refractivity contribution in [3.8, 4) is 23.0 Å². The molecule has 0 unspecified atom stereocenters. The summed E-state index contributed by atoms with van der Waals surface area (Å²) in [7, 11) is 4.78. The zero-order chi connectivity index (χ0) is 26.0. The van der Waals surface area contributed by atoms with E-state index in [0.29, 0.717) is 41.7 Å². The Balaban J connectivity index is 1.45. The maximum atomic E-state index is 13.5. The van der Waals surface area contributed by atoms with Gasteiger partial charge in [-0.25, -0.2) is 4.98 Å². The quantitative estimate of drug-likeness (QED) is 0.353. The molecule has 2 aromatic carbocycles. The van der Waals surface area contributed by atoms with Crippen molar-refractivity contribution in [2.75, 3.05) is 60.7 Å². The smallest absolute Gasteiger partial charge is 0.254 e. The first kappa shape index (κ1) is 26.7. The molecule has 0 spiro atoms. The van der Waals surface area contributed by atoms with Crippen molar-refractivity contribution in [3.05, 3.63) is 64.1 Å². The molecule has 0 aliphatic carbocycles. The van der Waals surface area contributed by atoms with Gasteiger partial charge >= 0.3 is 0 Å². The van der Waals surface area contributed by atoms with Crippen molar-refractivity contribution in [1.82, 2.24) is 14.8 Å². The Kier molecular flexibility index (Phi) is 9.58. The van der Waals surface area contributed by atoms with Crippen molar-refractivity contribution >= 4 is 17.2 Å². The Morgan fingerprint density at radius 2 is 1.78 bits per heavy atom. The summed E-state index contributed by atoms with van der Waals surface area (Å²) < 4.78 is 27.6. The van der Waals surface area contributed by atoms with Crippen molar-refractivity contribution in [1.29, 1.82) is 0 Å². The van der Waals surface area contributed by atoms with Gasteiger partial charge < -0.3 is 28.6 Å². The fraction of sp³-hybridized carbons (Fsp3) is 0.407. The summed E-state index contributed by atoms with van der Waals surface area (Å²) in [4.78, 5) is 22.4. The molecule has 0 atom stereocenters. The first-order chi connectivity index (χ1) is 18.1. The van der Waals surface area contributed by atoms with E-state index in [2.05, 4.69) is 4.90 Å². The molecule has 1 fully saturated rings. The lowest BCUT2D eigenvalue weighted by Gasteiger charge is -2.30. The van der Waals surface area contributed by atoms with E-state index in [0.717, 1.165) is 43.5 Å². The number of aromatic nitrogens is 1. The molecule has 0 N–H and O–H groups in total. The summed E-state index contributed by atoms with van der Waals surface area (Å²) in [6, 6.07) is 12.7. The van der Waals surface area contributed by atoms with Gasteiger partial charge in [-0.2, -0.15) is 0 Å². The lowest BCUT2D eigenvalue weighted by Crippen LogP contribution is -2.43. The summed E-state index contributed by atoms with van der Waals surface area (Å²) in [6.07, 6.45) is 0. The molecule has 2 heterocycles. The number of methoxy groups -OCH3 is 3. The van der Waals surface area contributed by atoms with Gasteiger partial charge in [0.15, 0.2) is 11.5 Å². The molecule has 10 heteroatoms. The zero-order valence-corrected chi connectivity index (χ0v) is 22.3. The van der Waals surface area contributed by atoms with Crippen LogP contribution < -0.4 is 18.9 Å². The van der Waals surface area contributed by atoms with E-state index in [-0.39, 0.29) is 12.5 Å². The fourth-order valence-electron chi connectivity index (χ4n) is 4.05. The number of carbonyl (C=O) groups is 1. The molecule has 1 saturated heterocycles. The standard InChI is InChI=1S/C27H33N3O6S/c1-32-22-7-4-6-20(16-22)27(31)30(11-10-29-12-14-35-15-13-29)17-21-19-37-25(28-21)18-36-26-23(33-2)8-5-9-24(26)34-3/h4-9,16,19H,10-15,17-18H2,1-3H3. The lowest BCUT2D eigenvalue weighted by molar-refractivity contribution is 0.0319. The van der Waals surface area contributed by atoms with Gasteiger partial charge in [0.1, 0.15) is 17.4 Å². The Hall–Kier alpha value is -3.34. The van der Waals surface area contributed by atoms with Crippen LogP contribution in [0.15, 0.2) is 47.8 Å². The molecule has 198 valence electrons. The van der Waals surface area contributed by atoms with Crippen LogP contribution in [-0.4, -0.2) is 81.4 Å². The van der Waals surface area contributed by atoms with Gasteiger partial charge in [0.05, 0.1) is 46.8 Å². The summed E-state index contributed by atoms with van der Waals surface area (Å²) in [6.45, 7) is 5.18.